The highest BCUT2D eigenvalue weighted by Gasteiger charge is 2.29. The van der Waals surface area contributed by atoms with Gasteiger partial charge in [0.25, 0.3) is 0 Å². The lowest BCUT2D eigenvalue weighted by Gasteiger charge is -2.35. The molecule has 1 heterocycles. The van der Waals surface area contributed by atoms with Crippen molar-refractivity contribution in [2.75, 3.05) is 4.90 Å². The molecule has 3 nitrogen and oxygen atoms in total. The van der Waals surface area contributed by atoms with E-state index in [-0.39, 0.29) is 17.6 Å². The van der Waals surface area contributed by atoms with Gasteiger partial charge < -0.3 is 10.0 Å². The second-order valence-electron chi connectivity index (χ2n) is 6.46. The topological polar surface area (TPSA) is 40.5 Å². The molecule has 0 saturated heterocycles. The monoisotopic (exact) mass is 329 g/mol. The first-order chi connectivity index (χ1) is 12.1. The van der Waals surface area contributed by atoms with Crippen LogP contribution >= 0.6 is 0 Å². The van der Waals surface area contributed by atoms with E-state index in [1.54, 1.807) is 12.1 Å². The third kappa shape index (κ3) is 2.78. The SMILES string of the molecule is CC1=CN(c2ccccc2O)[C@H](c2ccc3ccccc3c2)CC1=O. The van der Waals surface area contributed by atoms with Crippen molar-refractivity contribution in [3.63, 3.8) is 0 Å². The molecule has 1 N–H and O–H groups in total. The van der Waals surface area contributed by atoms with Crippen molar-refractivity contribution < 1.29 is 9.90 Å². The number of aromatic hydroxyl groups is 1. The van der Waals surface area contributed by atoms with E-state index < -0.39 is 0 Å². The Bertz CT molecular complexity index is 990. The molecular weight excluding hydrogens is 310 g/mol. The summed E-state index contributed by atoms with van der Waals surface area (Å²) in [5.74, 6) is 0.358. The second kappa shape index (κ2) is 6.10. The molecule has 124 valence electrons. The molecule has 0 aliphatic carbocycles. The number of carbonyl (C=O) groups excluding carboxylic acids is 1. The summed E-state index contributed by atoms with van der Waals surface area (Å²) in [6.45, 7) is 1.83. The number of phenolic OH excluding ortho intramolecular Hbond substituents is 1. The lowest BCUT2D eigenvalue weighted by Crippen LogP contribution is -2.31. The lowest BCUT2D eigenvalue weighted by molar-refractivity contribution is -0.116. The molecule has 25 heavy (non-hydrogen) atoms. The Labute approximate surface area is 146 Å². The normalized spacial score (nSPS) is 17.6. The molecular formula is C22H19NO2. The van der Waals surface area contributed by atoms with Crippen molar-refractivity contribution >= 4 is 22.2 Å². The molecule has 1 atom stereocenters. The lowest BCUT2D eigenvalue weighted by atomic mass is 9.92. The Balaban J connectivity index is 1.84. The minimum Gasteiger partial charge on any atom is -0.506 e. The highest BCUT2D eigenvalue weighted by molar-refractivity contribution is 5.97. The van der Waals surface area contributed by atoms with Crippen LogP contribution in [-0.2, 0) is 4.79 Å². The van der Waals surface area contributed by atoms with Gasteiger partial charge in [-0.05, 0) is 41.5 Å². The number of allylic oxidation sites excluding steroid dienone is 1. The van der Waals surface area contributed by atoms with E-state index in [0.29, 0.717) is 17.7 Å². The van der Waals surface area contributed by atoms with Gasteiger partial charge in [0.2, 0.25) is 0 Å². The highest BCUT2D eigenvalue weighted by atomic mass is 16.3. The number of phenols is 1. The molecule has 3 heteroatoms. The van der Waals surface area contributed by atoms with Crippen LogP contribution in [0, 0.1) is 0 Å². The van der Waals surface area contributed by atoms with Gasteiger partial charge in [-0.3, -0.25) is 4.79 Å². The van der Waals surface area contributed by atoms with E-state index in [4.69, 9.17) is 0 Å². The van der Waals surface area contributed by atoms with Gasteiger partial charge in [-0.15, -0.1) is 0 Å². The van der Waals surface area contributed by atoms with Crippen LogP contribution in [0.2, 0.25) is 0 Å². The van der Waals surface area contributed by atoms with E-state index in [0.717, 1.165) is 10.9 Å². The second-order valence-corrected chi connectivity index (χ2v) is 6.46. The van der Waals surface area contributed by atoms with Gasteiger partial charge in [-0.2, -0.15) is 0 Å². The first-order valence-electron chi connectivity index (χ1n) is 8.40. The summed E-state index contributed by atoms with van der Waals surface area (Å²) in [4.78, 5) is 14.4. The zero-order chi connectivity index (χ0) is 17.4. The molecule has 0 spiro atoms. The number of para-hydroxylation sites is 2. The molecule has 1 aliphatic heterocycles. The van der Waals surface area contributed by atoms with Crippen LogP contribution in [0.3, 0.4) is 0 Å². The van der Waals surface area contributed by atoms with Crippen molar-refractivity contribution in [1.29, 1.82) is 0 Å². The fourth-order valence-corrected chi connectivity index (χ4v) is 3.42. The van der Waals surface area contributed by atoms with E-state index in [1.807, 2.05) is 42.3 Å². The van der Waals surface area contributed by atoms with Crippen molar-refractivity contribution in [1.82, 2.24) is 0 Å². The minimum absolute atomic E-state index is 0.130. The Hall–Kier alpha value is -3.07. The van der Waals surface area contributed by atoms with E-state index in [1.165, 1.54) is 5.39 Å². The van der Waals surface area contributed by atoms with Crippen molar-refractivity contribution in [3.05, 3.63) is 84.1 Å². The Morgan fingerprint density at radius 2 is 1.68 bits per heavy atom. The Morgan fingerprint density at radius 3 is 2.48 bits per heavy atom. The molecule has 1 aliphatic rings. The average Bonchev–Trinajstić information content (AvgIpc) is 2.64. The molecule has 0 fully saturated rings. The van der Waals surface area contributed by atoms with E-state index >= 15 is 0 Å². The number of hydrogen-bond acceptors (Lipinski definition) is 3. The van der Waals surface area contributed by atoms with Gasteiger partial charge in [-0.1, -0.05) is 48.5 Å². The number of Topliss-reactive ketones (excluding diaryl/α,β-unsaturated/α-hetero) is 1. The summed E-state index contributed by atoms with van der Waals surface area (Å²) in [7, 11) is 0. The Kier molecular flexibility index (Phi) is 3.77. The number of hydrogen-bond donors (Lipinski definition) is 1. The molecule has 4 rings (SSSR count). The molecule has 0 saturated carbocycles. The summed E-state index contributed by atoms with van der Waals surface area (Å²) in [6.07, 6.45) is 2.25. The van der Waals surface area contributed by atoms with Gasteiger partial charge in [0.05, 0.1) is 11.7 Å². The molecule has 0 radical (unpaired) electrons. The maximum atomic E-state index is 12.3. The van der Waals surface area contributed by atoms with Crippen molar-refractivity contribution in [2.45, 2.75) is 19.4 Å². The van der Waals surface area contributed by atoms with Crippen molar-refractivity contribution in [3.8, 4) is 5.75 Å². The predicted octanol–water partition coefficient (Wildman–Crippen LogP) is 4.97. The van der Waals surface area contributed by atoms with Crippen LogP contribution < -0.4 is 4.90 Å². The number of ketones is 1. The largest absolute Gasteiger partial charge is 0.506 e. The molecule has 0 aromatic heterocycles. The van der Waals surface area contributed by atoms with Gasteiger partial charge in [0, 0.05) is 18.2 Å². The van der Waals surface area contributed by atoms with Crippen LogP contribution in [0.15, 0.2) is 78.5 Å². The van der Waals surface area contributed by atoms with Gasteiger partial charge >= 0.3 is 0 Å². The van der Waals surface area contributed by atoms with E-state index in [9.17, 15) is 9.90 Å². The van der Waals surface area contributed by atoms with Crippen LogP contribution in [0.5, 0.6) is 5.75 Å². The molecule has 0 unspecified atom stereocenters. The number of anilines is 1. The summed E-state index contributed by atoms with van der Waals surface area (Å²) in [5.41, 5.74) is 2.49. The van der Waals surface area contributed by atoms with E-state index in [2.05, 4.69) is 30.3 Å². The van der Waals surface area contributed by atoms with Crippen LogP contribution in [0.1, 0.15) is 24.9 Å². The standard InChI is InChI=1S/C22H19NO2/c1-15-14-23(19-8-4-5-9-21(19)24)20(13-22(15)25)18-11-10-16-6-2-3-7-17(16)12-18/h2-12,14,20,24H,13H2,1H3/t20-/m0/s1. The number of rotatable bonds is 2. The zero-order valence-electron chi connectivity index (χ0n) is 14.0. The average molecular weight is 329 g/mol. The molecule has 3 aromatic carbocycles. The third-order valence-corrected chi connectivity index (χ3v) is 4.81. The summed E-state index contributed by atoms with van der Waals surface area (Å²) >= 11 is 0. The predicted molar refractivity (Wildman–Crippen MR) is 101 cm³/mol. The smallest absolute Gasteiger partial charge is 0.162 e. The van der Waals surface area contributed by atoms with Crippen LogP contribution in [0.4, 0.5) is 5.69 Å². The first-order valence-corrected chi connectivity index (χ1v) is 8.40. The van der Waals surface area contributed by atoms with Crippen LogP contribution in [-0.4, -0.2) is 10.9 Å². The van der Waals surface area contributed by atoms with Crippen LogP contribution in [0.25, 0.3) is 10.8 Å². The van der Waals surface area contributed by atoms with Crippen molar-refractivity contribution in [2.24, 2.45) is 0 Å². The molecule has 0 amide bonds. The van der Waals surface area contributed by atoms with Gasteiger partial charge in [0.15, 0.2) is 5.78 Å². The van der Waals surface area contributed by atoms with Gasteiger partial charge in [0.1, 0.15) is 5.75 Å². The first kappa shape index (κ1) is 15.5. The quantitative estimate of drug-likeness (QED) is 0.721. The maximum absolute atomic E-state index is 12.3. The number of nitrogens with zero attached hydrogens (tertiary/aromatic N) is 1. The third-order valence-electron chi connectivity index (χ3n) is 4.81. The summed E-state index contributed by atoms with van der Waals surface area (Å²) in [5, 5.41) is 12.6. The summed E-state index contributed by atoms with van der Waals surface area (Å²) in [6, 6.07) is 21.6. The Morgan fingerprint density at radius 1 is 0.960 bits per heavy atom. The minimum atomic E-state index is -0.130. The fraction of sp³-hybridized carbons (Fsp3) is 0.136. The summed E-state index contributed by atoms with van der Waals surface area (Å²) < 4.78 is 0. The molecule has 0 bridgehead atoms. The zero-order valence-corrected chi connectivity index (χ0v) is 14.0. The number of fused-ring (bicyclic) bond motifs is 1. The maximum Gasteiger partial charge on any atom is 0.162 e. The van der Waals surface area contributed by atoms with Gasteiger partial charge in [-0.25, -0.2) is 0 Å². The number of carbonyl (C=O) groups is 1. The fourth-order valence-electron chi connectivity index (χ4n) is 3.42. The number of benzene rings is 3. The highest BCUT2D eigenvalue weighted by Crippen LogP contribution is 2.39. The molecule has 3 aromatic rings.